The van der Waals surface area contributed by atoms with Crippen LogP contribution in [0, 0.1) is 0 Å². The smallest absolute Gasteiger partial charge is 0.287 e. The van der Waals surface area contributed by atoms with E-state index in [1.54, 1.807) is 20.3 Å². The fourth-order valence-electron chi connectivity index (χ4n) is 3.54. The Labute approximate surface area is 183 Å². The zero-order chi connectivity index (χ0) is 22.2. The van der Waals surface area contributed by atoms with Gasteiger partial charge in [0.05, 0.1) is 19.8 Å². The summed E-state index contributed by atoms with van der Waals surface area (Å²) >= 11 is 0. The molecule has 2 aromatic carbocycles. The van der Waals surface area contributed by atoms with Gasteiger partial charge >= 0.3 is 0 Å². The number of carbonyl (C=O) groups excluding carboxylic acids is 1. The van der Waals surface area contributed by atoms with Crippen molar-refractivity contribution in [3.8, 4) is 11.5 Å². The minimum absolute atomic E-state index is 0.0572. The fourth-order valence-corrected chi connectivity index (χ4v) is 3.54. The van der Waals surface area contributed by atoms with Crippen LogP contribution in [0.2, 0.25) is 0 Å². The van der Waals surface area contributed by atoms with Gasteiger partial charge in [-0.2, -0.15) is 0 Å². The van der Waals surface area contributed by atoms with Gasteiger partial charge in [-0.15, -0.1) is 0 Å². The summed E-state index contributed by atoms with van der Waals surface area (Å²) in [5.74, 6) is 2.52. The van der Waals surface area contributed by atoms with Crippen LogP contribution in [0.3, 0.4) is 0 Å². The summed E-state index contributed by atoms with van der Waals surface area (Å²) in [5.41, 5.74) is 2.28. The summed E-state index contributed by atoms with van der Waals surface area (Å²) in [6.07, 6.45) is 0. The van der Waals surface area contributed by atoms with Crippen LogP contribution in [-0.2, 0) is 19.6 Å². The number of amides is 1. The molecule has 0 bridgehead atoms. The van der Waals surface area contributed by atoms with E-state index in [2.05, 4.69) is 17.4 Å². The first-order valence-electron chi connectivity index (χ1n) is 10.5. The monoisotopic (exact) mass is 423 g/mol. The largest absolute Gasteiger partial charge is 0.497 e. The van der Waals surface area contributed by atoms with Crippen LogP contribution >= 0.6 is 0 Å². The van der Waals surface area contributed by atoms with E-state index < -0.39 is 0 Å². The predicted octanol–water partition coefficient (Wildman–Crippen LogP) is 3.22. The van der Waals surface area contributed by atoms with Crippen LogP contribution in [0.15, 0.2) is 65.1 Å². The molecule has 31 heavy (non-hydrogen) atoms. The standard InChI is InChI=1S/C25H30N2O4/c1-18(2)26-25(28)24-13-11-22(31-24)17-27(15-19-8-6-5-7-9-19)16-20-14-21(29-3)10-12-23(20)30-4/h5-14,18H,15-17H2,1-4H3,(H,26,28)/p+1. The summed E-state index contributed by atoms with van der Waals surface area (Å²) in [4.78, 5) is 13.5. The van der Waals surface area contributed by atoms with E-state index in [1.807, 2.05) is 56.3 Å². The van der Waals surface area contributed by atoms with E-state index in [1.165, 1.54) is 10.5 Å². The molecule has 1 amide bonds. The Morgan fingerprint density at radius 1 is 0.968 bits per heavy atom. The number of furan rings is 1. The molecule has 2 N–H and O–H groups in total. The highest BCUT2D eigenvalue weighted by molar-refractivity contribution is 5.91. The van der Waals surface area contributed by atoms with Crippen molar-refractivity contribution in [2.45, 2.75) is 39.5 Å². The molecule has 0 aliphatic carbocycles. The zero-order valence-electron chi connectivity index (χ0n) is 18.6. The number of ether oxygens (including phenoxy) is 2. The van der Waals surface area contributed by atoms with E-state index in [0.29, 0.717) is 18.8 Å². The number of benzene rings is 2. The normalized spacial score (nSPS) is 11.9. The van der Waals surface area contributed by atoms with Gasteiger partial charge in [0.25, 0.3) is 5.91 Å². The van der Waals surface area contributed by atoms with E-state index in [9.17, 15) is 4.79 Å². The van der Waals surface area contributed by atoms with Gasteiger partial charge in [0, 0.05) is 11.6 Å². The van der Waals surface area contributed by atoms with Crippen LogP contribution in [0.25, 0.3) is 0 Å². The van der Waals surface area contributed by atoms with Gasteiger partial charge in [0.2, 0.25) is 0 Å². The zero-order valence-corrected chi connectivity index (χ0v) is 18.6. The second-order valence-corrected chi connectivity index (χ2v) is 7.84. The lowest BCUT2D eigenvalue weighted by molar-refractivity contribution is -0.942. The Hall–Kier alpha value is -3.25. The minimum Gasteiger partial charge on any atom is -0.497 e. The van der Waals surface area contributed by atoms with Gasteiger partial charge in [-0.3, -0.25) is 4.79 Å². The van der Waals surface area contributed by atoms with Crippen LogP contribution in [0.1, 0.15) is 41.3 Å². The summed E-state index contributed by atoms with van der Waals surface area (Å²) in [5, 5.41) is 2.86. The molecule has 6 heteroatoms. The third-order valence-corrected chi connectivity index (χ3v) is 4.95. The molecule has 6 nitrogen and oxygen atoms in total. The van der Waals surface area contributed by atoms with Crippen molar-refractivity contribution in [3.05, 3.63) is 83.3 Å². The van der Waals surface area contributed by atoms with Crippen LogP contribution in [0.4, 0.5) is 0 Å². The highest BCUT2D eigenvalue weighted by Gasteiger charge is 2.19. The van der Waals surface area contributed by atoms with Gasteiger partial charge in [-0.1, -0.05) is 30.3 Å². The average Bonchev–Trinajstić information content (AvgIpc) is 3.22. The molecule has 0 radical (unpaired) electrons. The van der Waals surface area contributed by atoms with Crippen molar-refractivity contribution < 1.29 is 23.6 Å². The Morgan fingerprint density at radius 2 is 1.74 bits per heavy atom. The Morgan fingerprint density at radius 3 is 2.42 bits per heavy atom. The Balaban J connectivity index is 1.82. The van der Waals surface area contributed by atoms with E-state index in [4.69, 9.17) is 13.9 Å². The van der Waals surface area contributed by atoms with Crippen LogP contribution < -0.4 is 19.7 Å². The number of hydrogen-bond acceptors (Lipinski definition) is 4. The molecule has 164 valence electrons. The second kappa shape index (κ2) is 10.7. The molecule has 0 aliphatic rings. The van der Waals surface area contributed by atoms with E-state index >= 15 is 0 Å². The third kappa shape index (κ3) is 6.36. The summed E-state index contributed by atoms with van der Waals surface area (Å²) in [6, 6.07) is 19.8. The summed E-state index contributed by atoms with van der Waals surface area (Å²) in [6.45, 7) is 5.99. The molecule has 0 fully saturated rings. The minimum atomic E-state index is -0.194. The van der Waals surface area contributed by atoms with Gasteiger partial charge in [0.1, 0.15) is 31.1 Å². The molecule has 1 unspecified atom stereocenters. The number of rotatable bonds is 10. The van der Waals surface area contributed by atoms with Gasteiger partial charge in [0.15, 0.2) is 11.5 Å². The van der Waals surface area contributed by atoms with Crippen molar-refractivity contribution in [3.63, 3.8) is 0 Å². The highest BCUT2D eigenvalue weighted by atomic mass is 16.5. The first-order valence-corrected chi connectivity index (χ1v) is 10.5. The predicted molar refractivity (Wildman–Crippen MR) is 119 cm³/mol. The number of methoxy groups -OCH3 is 2. The number of nitrogens with one attached hydrogen (secondary N) is 2. The number of carbonyl (C=O) groups is 1. The lowest BCUT2D eigenvalue weighted by atomic mass is 10.1. The molecule has 1 aromatic heterocycles. The maximum absolute atomic E-state index is 12.2. The van der Waals surface area contributed by atoms with Crippen LogP contribution in [0.5, 0.6) is 11.5 Å². The second-order valence-electron chi connectivity index (χ2n) is 7.84. The third-order valence-electron chi connectivity index (χ3n) is 4.95. The molecule has 0 spiro atoms. The fraction of sp³-hybridized carbons (Fsp3) is 0.320. The topological polar surface area (TPSA) is 65.1 Å². The van der Waals surface area contributed by atoms with Crippen molar-refractivity contribution in [2.24, 2.45) is 0 Å². The first kappa shape index (κ1) is 22.4. The molecule has 3 rings (SSSR count). The molecule has 0 saturated carbocycles. The van der Waals surface area contributed by atoms with E-state index in [-0.39, 0.29) is 11.9 Å². The summed E-state index contributed by atoms with van der Waals surface area (Å²) in [7, 11) is 3.33. The van der Waals surface area contributed by atoms with Crippen LogP contribution in [-0.4, -0.2) is 26.2 Å². The van der Waals surface area contributed by atoms with Gasteiger partial charge < -0.3 is 24.1 Å². The maximum atomic E-state index is 12.2. The first-order chi connectivity index (χ1) is 15.0. The van der Waals surface area contributed by atoms with E-state index in [0.717, 1.165) is 29.4 Å². The quantitative estimate of drug-likeness (QED) is 0.526. The molecule has 0 aliphatic heterocycles. The Bertz CT molecular complexity index is 982. The molecule has 0 saturated heterocycles. The van der Waals surface area contributed by atoms with Crippen molar-refractivity contribution >= 4 is 5.91 Å². The SMILES string of the molecule is COc1ccc(OC)c(C[NH+](Cc2ccccc2)Cc2ccc(C(=O)NC(C)C)o2)c1. The molecule has 1 atom stereocenters. The average molecular weight is 424 g/mol. The lowest BCUT2D eigenvalue weighted by Crippen LogP contribution is -3.08. The maximum Gasteiger partial charge on any atom is 0.287 e. The Kier molecular flexibility index (Phi) is 7.73. The van der Waals surface area contributed by atoms with Crippen molar-refractivity contribution in [2.75, 3.05) is 14.2 Å². The molecule has 3 aromatic rings. The molecular weight excluding hydrogens is 392 g/mol. The number of quaternary nitrogens is 1. The van der Waals surface area contributed by atoms with Crippen molar-refractivity contribution in [1.82, 2.24) is 5.32 Å². The van der Waals surface area contributed by atoms with Crippen molar-refractivity contribution in [1.29, 1.82) is 0 Å². The van der Waals surface area contributed by atoms with Gasteiger partial charge in [-0.25, -0.2) is 0 Å². The highest BCUT2D eigenvalue weighted by Crippen LogP contribution is 2.23. The van der Waals surface area contributed by atoms with Gasteiger partial charge in [-0.05, 0) is 44.2 Å². The lowest BCUT2D eigenvalue weighted by Gasteiger charge is -2.20. The summed E-state index contributed by atoms with van der Waals surface area (Å²) < 4.78 is 16.8. The molecular formula is C25H31N2O4+. The number of hydrogen-bond donors (Lipinski definition) is 2. The molecule has 1 heterocycles.